The minimum absolute atomic E-state index is 0.0991. The number of rotatable bonds is 3. The van der Waals surface area contributed by atoms with E-state index in [1.54, 1.807) is 14.0 Å². The first-order chi connectivity index (χ1) is 11.4. The molecule has 2 heterocycles. The van der Waals surface area contributed by atoms with Gasteiger partial charge in [0, 0.05) is 13.1 Å². The van der Waals surface area contributed by atoms with E-state index < -0.39 is 5.97 Å². The largest absolute Gasteiger partial charge is 0.481 e. The molecule has 0 radical (unpaired) electrons. The standard InChI is InChI=1S/C16H19N3O5/c1-8-11(12-14(24-8)17-7-19(2)15(12)21)13(20)18-10-5-3-9(4-6-10)16(22)23/h7,9-10H,3-6H2,1-2H3,(H,18,20)(H,22,23). The smallest absolute Gasteiger partial charge is 0.306 e. The molecule has 0 spiro atoms. The summed E-state index contributed by atoms with van der Waals surface area (Å²) in [6.45, 7) is 1.62. The molecule has 8 nitrogen and oxygen atoms in total. The van der Waals surface area contributed by atoms with E-state index in [0.717, 1.165) is 0 Å². The number of amides is 1. The summed E-state index contributed by atoms with van der Waals surface area (Å²) in [4.78, 5) is 39.9. The number of nitrogens with one attached hydrogen (secondary N) is 1. The molecular weight excluding hydrogens is 314 g/mol. The monoisotopic (exact) mass is 333 g/mol. The SMILES string of the molecule is Cc1oc2ncn(C)c(=O)c2c1C(=O)NC1CCC(C(=O)O)CC1. The lowest BCUT2D eigenvalue weighted by molar-refractivity contribution is -0.142. The maximum absolute atomic E-state index is 12.6. The molecule has 1 amide bonds. The number of furan rings is 1. The number of hydrogen-bond acceptors (Lipinski definition) is 5. The molecule has 8 heteroatoms. The molecule has 0 aromatic carbocycles. The summed E-state index contributed by atoms with van der Waals surface area (Å²) in [5.41, 5.74) is 0.0194. The Morgan fingerprint density at radius 2 is 2.00 bits per heavy atom. The molecule has 1 aliphatic carbocycles. The zero-order chi connectivity index (χ0) is 17.4. The Balaban J connectivity index is 1.83. The van der Waals surface area contributed by atoms with E-state index in [9.17, 15) is 14.4 Å². The van der Waals surface area contributed by atoms with Gasteiger partial charge in [-0.15, -0.1) is 0 Å². The summed E-state index contributed by atoms with van der Waals surface area (Å²) in [5, 5.41) is 12.1. The molecule has 1 saturated carbocycles. The third kappa shape index (κ3) is 2.79. The minimum Gasteiger partial charge on any atom is -0.481 e. The van der Waals surface area contributed by atoms with Crippen LogP contribution < -0.4 is 10.9 Å². The Bertz CT molecular complexity index is 858. The number of aromatic nitrogens is 2. The van der Waals surface area contributed by atoms with Gasteiger partial charge in [0.05, 0.1) is 11.5 Å². The maximum atomic E-state index is 12.6. The van der Waals surface area contributed by atoms with Crippen LogP contribution in [0.4, 0.5) is 0 Å². The summed E-state index contributed by atoms with van der Waals surface area (Å²) in [6.07, 6.45) is 3.63. The lowest BCUT2D eigenvalue weighted by Crippen LogP contribution is -2.39. The average Bonchev–Trinajstić information content (AvgIpc) is 2.88. The fourth-order valence-electron chi connectivity index (χ4n) is 3.20. The van der Waals surface area contributed by atoms with Gasteiger partial charge in [0.15, 0.2) is 0 Å². The number of aryl methyl sites for hydroxylation is 2. The van der Waals surface area contributed by atoms with E-state index in [-0.39, 0.29) is 40.1 Å². The molecule has 3 rings (SSSR count). The van der Waals surface area contributed by atoms with Crippen LogP contribution in [0, 0.1) is 12.8 Å². The number of carbonyl (C=O) groups is 2. The van der Waals surface area contributed by atoms with Crippen molar-refractivity contribution in [3.8, 4) is 0 Å². The molecule has 2 aromatic heterocycles. The van der Waals surface area contributed by atoms with Crippen molar-refractivity contribution in [2.45, 2.75) is 38.6 Å². The molecule has 128 valence electrons. The number of carboxylic acids is 1. The molecule has 0 saturated heterocycles. The predicted octanol–water partition coefficient (Wildman–Crippen LogP) is 1.21. The molecule has 24 heavy (non-hydrogen) atoms. The fraction of sp³-hybridized carbons (Fsp3) is 0.500. The van der Waals surface area contributed by atoms with Gasteiger partial charge in [-0.3, -0.25) is 14.4 Å². The highest BCUT2D eigenvalue weighted by molar-refractivity contribution is 6.06. The van der Waals surface area contributed by atoms with Crippen molar-refractivity contribution in [1.29, 1.82) is 0 Å². The van der Waals surface area contributed by atoms with Gasteiger partial charge in [-0.1, -0.05) is 0 Å². The van der Waals surface area contributed by atoms with Crippen molar-refractivity contribution < 1.29 is 19.1 Å². The van der Waals surface area contributed by atoms with Crippen LogP contribution in [0.1, 0.15) is 41.8 Å². The number of aliphatic carboxylic acids is 1. The van der Waals surface area contributed by atoms with Gasteiger partial charge in [0.1, 0.15) is 17.5 Å². The normalized spacial score (nSPS) is 20.9. The lowest BCUT2D eigenvalue weighted by Gasteiger charge is -2.26. The van der Waals surface area contributed by atoms with Crippen molar-refractivity contribution in [1.82, 2.24) is 14.9 Å². The van der Waals surface area contributed by atoms with Crippen LogP contribution >= 0.6 is 0 Å². The van der Waals surface area contributed by atoms with E-state index in [1.165, 1.54) is 10.9 Å². The quantitative estimate of drug-likeness (QED) is 0.872. The van der Waals surface area contributed by atoms with Gasteiger partial charge >= 0.3 is 5.97 Å². The van der Waals surface area contributed by atoms with Crippen LogP contribution in [-0.2, 0) is 11.8 Å². The van der Waals surface area contributed by atoms with Gasteiger partial charge in [-0.2, -0.15) is 0 Å². The molecule has 1 fully saturated rings. The summed E-state index contributed by atoms with van der Waals surface area (Å²) in [7, 11) is 1.56. The second kappa shape index (κ2) is 6.10. The highest BCUT2D eigenvalue weighted by atomic mass is 16.4. The van der Waals surface area contributed by atoms with Crippen molar-refractivity contribution in [2.75, 3.05) is 0 Å². The molecule has 0 atom stereocenters. The Kier molecular flexibility index (Phi) is 4.13. The number of fused-ring (bicyclic) bond motifs is 1. The highest BCUT2D eigenvalue weighted by Crippen LogP contribution is 2.26. The Morgan fingerprint density at radius 3 is 2.62 bits per heavy atom. The zero-order valence-electron chi connectivity index (χ0n) is 13.5. The van der Waals surface area contributed by atoms with Crippen LogP contribution in [0.5, 0.6) is 0 Å². The minimum atomic E-state index is -0.786. The van der Waals surface area contributed by atoms with Crippen LogP contribution in [0.3, 0.4) is 0 Å². The van der Waals surface area contributed by atoms with E-state index in [0.29, 0.717) is 31.4 Å². The van der Waals surface area contributed by atoms with Gasteiger partial charge in [0.25, 0.3) is 11.5 Å². The second-order valence-electron chi connectivity index (χ2n) is 6.23. The number of carbonyl (C=O) groups excluding carboxylic acids is 1. The van der Waals surface area contributed by atoms with Gasteiger partial charge < -0.3 is 19.4 Å². The summed E-state index contributed by atoms with van der Waals surface area (Å²) in [5.74, 6) is -1.16. The average molecular weight is 333 g/mol. The number of hydrogen-bond donors (Lipinski definition) is 2. The molecule has 0 unspecified atom stereocenters. The number of carboxylic acid groups (broad SMARTS) is 1. The van der Waals surface area contributed by atoms with E-state index in [2.05, 4.69) is 10.3 Å². The highest BCUT2D eigenvalue weighted by Gasteiger charge is 2.29. The molecule has 2 aromatic rings. The molecule has 1 aliphatic rings. The summed E-state index contributed by atoms with van der Waals surface area (Å²) >= 11 is 0. The fourth-order valence-corrected chi connectivity index (χ4v) is 3.20. The van der Waals surface area contributed by atoms with Crippen molar-refractivity contribution in [3.63, 3.8) is 0 Å². The van der Waals surface area contributed by atoms with Gasteiger partial charge in [-0.05, 0) is 32.6 Å². The molecular formula is C16H19N3O5. The van der Waals surface area contributed by atoms with Crippen LogP contribution in [0.25, 0.3) is 11.1 Å². The molecule has 2 N–H and O–H groups in total. The Hall–Kier alpha value is -2.64. The van der Waals surface area contributed by atoms with Crippen molar-refractivity contribution in [2.24, 2.45) is 13.0 Å². The Labute approximate surface area is 137 Å². The van der Waals surface area contributed by atoms with Crippen molar-refractivity contribution in [3.05, 3.63) is 28.0 Å². The number of nitrogens with zero attached hydrogens (tertiary/aromatic N) is 2. The first-order valence-electron chi connectivity index (χ1n) is 7.87. The van der Waals surface area contributed by atoms with Crippen LogP contribution in [0.2, 0.25) is 0 Å². The predicted molar refractivity (Wildman–Crippen MR) is 84.8 cm³/mol. The zero-order valence-corrected chi connectivity index (χ0v) is 13.5. The van der Waals surface area contributed by atoms with Gasteiger partial charge in [-0.25, -0.2) is 4.98 Å². The van der Waals surface area contributed by atoms with Crippen molar-refractivity contribution >= 4 is 23.0 Å². The molecule has 0 aliphatic heterocycles. The van der Waals surface area contributed by atoms with Crippen LogP contribution in [0.15, 0.2) is 15.5 Å². The Morgan fingerprint density at radius 1 is 1.33 bits per heavy atom. The second-order valence-corrected chi connectivity index (χ2v) is 6.23. The topological polar surface area (TPSA) is 114 Å². The summed E-state index contributed by atoms with van der Waals surface area (Å²) < 4.78 is 6.73. The van der Waals surface area contributed by atoms with E-state index >= 15 is 0 Å². The maximum Gasteiger partial charge on any atom is 0.306 e. The summed E-state index contributed by atoms with van der Waals surface area (Å²) in [6, 6.07) is -0.0991. The third-order valence-electron chi connectivity index (χ3n) is 4.59. The van der Waals surface area contributed by atoms with Crippen LogP contribution in [-0.4, -0.2) is 32.6 Å². The first-order valence-corrected chi connectivity index (χ1v) is 7.87. The van der Waals surface area contributed by atoms with E-state index in [1.807, 2.05) is 0 Å². The lowest BCUT2D eigenvalue weighted by atomic mass is 9.86. The third-order valence-corrected chi connectivity index (χ3v) is 4.59. The first kappa shape index (κ1) is 16.2. The molecule has 0 bridgehead atoms. The van der Waals surface area contributed by atoms with E-state index in [4.69, 9.17) is 9.52 Å². The van der Waals surface area contributed by atoms with Gasteiger partial charge in [0.2, 0.25) is 5.71 Å².